The van der Waals surface area contributed by atoms with Gasteiger partial charge in [-0.2, -0.15) is 13.2 Å². The van der Waals surface area contributed by atoms with Gasteiger partial charge in [-0.3, -0.25) is 9.59 Å². The Bertz CT molecular complexity index is 1190. The molecule has 0 radical (unpaired) electrons. The number of nitrogens with zero attached hydrogens (tertiary/aromatic N) is 1. The van der Waals surface area contributed by atoms with E-state index in [0.717, 1.165) is 17.7 Å². The van der Waals surface area contributed by atoms with Crippen molar-refractivity contribution in [3.8, 4) is 0 Å². The first kappa shape index (κ1) is 24.1. The zero-order valence-electron chi connectivity index (χ0n) is 17.4. The number of benzene rings is 2. The van der Waals surface area contributed by atoms with Gasteiger partial charge < -0.3 is 5.32 Å². The van der Waals surface area contributed by atoms with Crippen LogP contribution in [0.3, 0.4) is 0 Å². The highest BCUT2D eigenvalue weighted by molar-refractivity contribution is 7.89. The van der Waals surface area contributed by atoms with Crippen molar-refractivity contribution in [3.05, 3.63) is 57.6 Å². The summed E-state index contributed by atoms with van der Waals surface area (Å²) in [7, 11) is -4.38. The van der Waals surface area contributed by atoms with Crippen LogP contribution < -0.4 is 5.32 Å². The predicted octanol–water partition coefficient (Wildman–Crippen LogP) is 4.60. The van der Waals surface area contributed by atoms with E-state index in [4.69, 9.17) is 11.6 Å². The van der Waals surface area contributed by atoms with E-state index in [1.807, 2.05) is 0 Å². The number of halogens is 4. The Kier molecular flexibility index (Phi) is 6.32. The van der Waals surface area contributed by atoms with Gasteiger partial charge in [-0.15, -0.1) is 0 Å². The van der Waals surface area contributed by atoms with Crippen LogP contribution in [0, 0.1) is 20.8 Å². The number of rotatable bonds is 4. The molecule has 0 unspecified atom stereocenters. The molecule has 0 bridgehead atoms. The Morgan fingerprint density at radius 2 is 1.72 bits per heavy atom. The molecular formula is C21H20ClF3N2O4S. The summed E-state index contributed by atoms with van der Waals surface area (Å²) in [5.41, 5.74) is 0.311. The molecule has 0 spiro atoms. The molecule has 1 fully saturated rings. The van der Waals surface area contributed by atoms with E-state index in [2.05, 4.69) is 5.32 Å². The van der Waals surface area contributed by atoms with Crippen LogP contribution >= 0.6 is 11.6 Å². The Hall–Kier alpha value is -2.59. The van der Waals surface area contributed by atoms with E-state index in [1.54, 1.807) is 32.9 Å². The van der Waals surface area contributed by atoms with E-state index >= 15 is 0 Å². The van der Waals surface area contributed by atoms with Gasteiger partial charge in [0.15, 0.2) is 0 Å². The summed E-state index contributed by atoms with van der Waals surface area (Å²) in [4.78, 5) is 25.3. The topological polar surface area (TPSA) is 83.6 Å². The lowest BCUT2D eigenvalue weighted by Gasteiger charge is -2.25. The van der Waals surface area contributed by atoms with Gasteiger partial charge in [0.1, 0.15) is 6.04 Å². The van der Waals surface area contributed by atoms with Gasteiger partial charge >= 0.3 is 6.18 Å². The van der Waals surface area contributed by atoms with Crippen molar-refractivity contribution in [1.29, 1.82) is 0 Å². The number of sulfonamides is 1. The van der Waals surface area contributed by atoms with E-state index in [9.17, 15) is 31.2 Å². The molecule has 2 aromatic rings. The molecular weight excluding hydrogens is 469 g/mol. The minimum absolute atomic E-state index is 0.0757. The van der Waals surface area contributed by atoms with Gasteiger partial charge in [-0.05, 0) is 56.5 Å². The first-order chi connectivity index (χ1) is 14.7. The van der Waals surface area contributed by atoms with E-state index in [-0.39, 0.29) is 28.4 Å². The van der Waals surface area contributed by atoms with Crippen LogP contribution in [-0.4, -0.2) is 30.6 Å². The molecule has 0 aliphatic carbocycles. The molecule has 1 N–H and O–H groups in total. The Labute approximate surface area is 188 Å². The van der Waals surface area contributed by atoms with E-state index < -0.39 is 39.6 Å². The normalized spacial score (nSPS) is 17.0. The highest BCUT2D eigenvalue weighted by Gasteiger charge is 2.45. The second-order valence-electron chi connectivity index (χ2n) is 7.66. The van der Waals surface area contributed by atoms with Crippen molar-refractivity contribution in [3.63, 3.8) is 0 Å². The van der Waals surface area contributed by atoms with Crippen LogP contribution in [0.2, 0.25) is 5.02 Å². The maximum absolute atomic E-state index is 13.4. The summed E-state index contributed by atoms with van der Waals surface area (Å²) >= 11 is 5.92. The smallest absolute Gasteiger partial charge is 0.323 e. The van der Waals surface area contributed by atoms with Gasteiger partial charge in [-0.1, -0.05) is 29.3 Å². The fourth-order valence-electron chi connectivity index (χ4n) is 3.89. The molecule has 1 atom stereocenters. The lowest BCUT2D eigenvalue weighted by Crippen LogP contribution is -2.45. The van der Waals surface area contributed by atoms with Crippen LogP contribution in [0.5, 0.6) is 0 Å². The van der Waals surface area contributed by atoms with Gasteiger partial charge in [0.2, 0.25) is 11.8 Å². The summed E-state index contributed by atoms with van der Waals surface area (Å²) in [6.45, 7) is 4.97. The number of hydrogen-bond donors (Lipinski definition) is 1. The van der Waals surface area contributed by atoms with Crippen LogP contribution in [-0.2, 0) is 25.8 Å². The van der Waals surface area contributed by atoms with E-state index in [1.165, 1.54) is 0 Å². The molecule has 0 saturated carbocycles. The van der Waals surface area contributed by atoms with Gasteiger partial charge in [0.25, 0.3) is 10.0 Å². The standard InChI is InChI=1S/C21H20ClF3N2O4S/c1-11-8-12(2)19(13(3)9-11)32(30,31)27-17(6-7-18(27)28)20(29)26-16-10-14(21(23,24)25)4-5-15(16)22/h4-5,8-10,17H,6-7H2,1-3H3,(H,26,29)/t17-/m0/s1. The lowest BCUT2D eigenvalue weighted by atomic mass is 10.1. The molecule has 1 aliphatic rings. The second-order valence-corrected chi connectivity index (χ2v) is 9.82. The SMILES string of the molecule is Cc1cc(C)c(S(=O)(=O)N2C(=O)CC[C@H]2C(=O)Nc2cc(C(F)(F)F)ccc2Cl)c(C)c1. The first-order valence-corrected chi connectivity index (χ1v) is 11.4. The quantitative estimate of drug-likeness (QED) is 0.681. The van der Waals surface area contributed by atoms with Crippen molar-refractivity contribution in [1.82, 2.24) is 4.31 Å². The van der Waals surface area contributed by atoms with Crippen LogP contribution in [0.4, 0.5) is 18.9 Å². The number of nitrogens with one attached hydrogen (secondary N) is 1. The highest BCUT2D eigenvalue weighted by atomic mass is 35.5. The van der Waals surface area contributed by atoms with Gasteiger partial charge in [0.05, 0.1) is 21.2 Å². The summed E-state index contributed by atoms with van der Waals surface area (Å²) in [6, 6.07) is 4.28. The molecule has 2 aromatic carbocycles. The Balaban J connectivity index is 1.97. The summed E-state index contributed by atoms with van der Waals surface area (Å²) < 4.78 is 66.3. The van der Waals surface area contributed by atoms with Gasteiger partial charge in [0, 0.05) is 6.42 Å². The number of amides is 2. The number of carbonyl (C=O) groups is 2. The third-order valence-corrected chi connectivity index (χ3v) is 7.60. The fourth-order valence-corrected chi connectivity index (χ4v) is 6.07. The summed E-state index contributed by atoms with van der Waals surface area (Å²) in [6.07, 6.45) is -4.97. The minimum atomic E-state index is -4.66. The predicted molar refractivity (Wildman–Crippen MR) is 113 cm³/mol. The number of hydrogen-bond acceptors (Lipinski definition) is 4. The van der Waals surface area contributed by atoms with Crippen molar-refractivity contribution < 1.29 is 31.2 Å². The molecule has 172 valence electrons. The molecule has 1 heterocycles. The number of alkyl halides is 3. The molecule has 6 nitrogen and oxygen atoms in total. The molecule has 1 saturated heterocycles. The minimum Gasteiger partial charge on any atom is -0.323 e. The highest BCUT2D eigenvalue weighted by Crippen LogP contribution is 2.35. The van der Waals surface area contributed by atoms with Crippen molar-refractivity contribution >= 4 is 39.1 Å². The van der Waals surface area contributed by atoms with Crippen LogP contribution in [0.1, 0.15) is 35.1 Å². The second kappa shape index (κ2) is 8.40. The molecule has 1 aliphatic heterocycles. The summed E-state index contributed by atoms with van der Waals surface area (Å²) in [5, 5.41) is 2.09. The maximum Gasteiger partial charge on any atom is 0.416 e. The molecule has 32 heavy (non-hydrogen) atoms. The number of carbonyl (C=O) groups excluding carboxylic acids is 2. The number of aryl methyl sites for hydroxylation is 3. The van der Waals surface area contributed by atoms with Crippen molar-refractivity contribution in [2.75, 3.05) is 5.32 Å². The third kappa shape index (κ3) is 4.47. The molecule has 2 amide bonds. The lowest BCUT2D eigenvalue weighted by molar-refractivity contribution is -0.137. The Morgan fingerprint density at radius 3 is 2.28 bits per heavy atom. The zero-order valence-corrected chi connectivity index (χ0v) is 19.0. The van der Waals surface area contributed by atoms with Crippen molar-refractivity contribution in [2.24, 2.45) is 0 Å². The fraction of sp³-hybridized carbons (Fsp3) is 0.333. The van der Waals surface area contributed by atoms with Crippen molar-refractivity contribution in [2.45, 2.75) is 50.7 Å². The third-order valence-electron chi connectivity index (χ3n) is 5.14. The average molecular weight is 489 g/mol. The largest absolute Gasteiger partial charge is 0.416 e. The zero-order chi connectivity index (χ0) is 24.0. The maximum atomic E-state index is 13.4. The van der Waals surface area contributed by atoms with Crippen LogP contribution in [0.15, 0.2) is 35.2 Å². The van der Waals surface area contributed by atoms with Crippen LogP contribution in [0.25, 0.3) is 0 Å². The number of anilines is 1. The molecule has 11 heteroatoms. The monoisotopic (exact) mass is 488 g/mol. The Morgan fingerprint density at radius 1 is 1.12 bits per heavy atom. The summed E-state index contributed by atoms with van der Waals surface area (Å²) in [5.74, 6) is -1.71. The van der Waals surface area contributed by atoms with E-state index in [0.29, 0.717) is 21.5 Å². The molecule has 0 aromatic heterocycles. The average Bonchev–Trinajstić information content (AvgIpc) is 3.04. The molecule has 3 rings (SSSR count). The van der Waals surface area contributed by atoms with Gasteiger partial charge in [-0.25, -0.2) is 12.7 Å². The first-order valence-electron chi connectivity index (χ1n) is 9.56.